The van der Waals surface area contributed by atoms with E-state index in [4.69, 9.17) is 0 Å². The van der Waals surface area contributed by atoms with Crippen LogP contribution in [0, 0.1) is 0 Å². The molecular weight excluding hydrogens is 362 g/mol. The normalized spacial score (nSPS) is 20.2. The first-order valence-electron chi connectivity index (χ1n) is 7.13. The summed E-state index contributed by atoms with van der Waals surface area (Å²) >= 11 is 3.25. The summed E-state index contributed by atoms with van der Waals surface area (Å²) in [6.07, 6.45) is 2.24. The molecule has 0 aliphatic carbocycles. The maximum Gasteiger partial charge on any atom is 0.286 e. The third-order valence-corrected chi connectivity index (χ3v) is 4.07. The minimum absolute atomic E-state index is 0.0574. The highest BCUT2D eigenvalue weighted by Crippen LogP contribution is 2.21. The van der Waals surface area contributed by atoms with E-state index in [0.717, 1.165) is 10.0 Å². The Morgan fingerprint density at radius 3 is 2.61 bits per heavy atom. The number of carbonyl (C=O) groups is 2. The maximum absolute atomic E-state index is 12.1. The maximum atomic E-state index is 12.1. The number of hydrazine groups is 2. The Morgan fingerprint density at radius 2 is 1.91 bits per heavy atom. The van der Waals surface area contributed by atoms with E-state index in [1.807, 2.05) is 30.3 Å². The Bertz CT molecular complexity index is 703. The van der Waals surface area contributed by atoms with Gasteiger partial charge in [-0.2, -0.15) is 0 Å². The molecule has 2 amide bonds. The fourth-order valence-electron chi connectivity index (χ4n) is 2.40. The standard InChI is InChI=1S/C15H16BrN5O2/c16-10-6-12(17-8-10)14(22)20-21-15(23)13-7-11(18-19-13)9-4-2-1-3-5-9/h1-6,8,11,13,17-19H,7H2,(H,20,22)(H,21,23). The highest BCUT2D eigenvalue weighted by atomic mass is 79.9. The number of rotatable bonds is 3. The Balaban J connectivity index is 1.50. The molecule has 2 unspecified atom stereocenters. The molecule has 1 aromatic heterocycles. The number of hydrogen-bond acceptors (Lipinski definition) is 4. The number of halogens is 1. The molecule has 1 aromatic carbocycles. The van der Waals surface area contributed by atoms with E-state index in [0.29, 0.717) is 12.1 Å². The Kier molecular flexibility index (Phi) is 4.75. The molecule has 1 aliphatic rings. The summed E-state index contributed by atoms with van der Waals surface area (Å²) in [5.41, 5.74) is 12.3. The van der Waals surface area contributed by atoms with E-state index in [-0.39, 0.29) is 11.9 Å². The molecule has 0 spiro atoms. The molecule has 1 fully saturated rings. The van der Waals surface area contributed by atoms with Gasteiger partial charge in [-0.05, 0) is 34.0 Å². The fraction of sp³-hybridized carbons (Fsp3) is 0.200. The largest absolute Gasteiger partial charge is 0.356 e. The van der Waals surface area contributed by atoms with Gasteiger partial charge >= 0.3 is 0 Å². The predicted octanol–water partition coefficient (Wildman–Crippen LogP) is 1.15. The van der Waals surface area contributed by atoms with Crippen molar-refractivity contribution in [3.63, 3.8) is 0 Å². The van der Waals surface area contributed by atoms with Gasteiger partial charge in [0.2, 0.25) is 0 Å². The van der Waals surface area contributed by atoms with Crippen molar-refractivity contribution in [2.75, 3.05) is 0 Å². The van der Waals surface area contributed by atoms with Gasteiger partial charge in [0.1, 0.15) is 11.7 Å². The van der Waals surface area contributed by atoms with Crippen molar-refractivity contribution >= 4 is 27.7 Å². The number of aromatic nitrogens is 1. The topological polar surface area (TPSA) is 98.1 Å². The van der Waals surface area contributed by atoms with Crippen LogP contribution in [0.5, 0.6) is 0 Å². The molecule has 23 heavy (non-hydrogen) atoms. The van der Waals surface area contributed by atoms with Crippen LogP contribution in [0.4, 0.5) is 0 Å². The van der Waals surface area contributed by atoms with Crippen LogP contribution in [0.25, 0.3) is 0 Å². The summed E-state index contributed by atoms with van der Waals surface area (Å²) in [6, 6.07) is 11.1. The second-order valence-electron chi connectivity index (χ2n) is 5.22. The second kappa shape index (κ2) is 6.95. The minimum atomic E-state index is -0.420. The number of hydrogen-bond donors (Lipinski definition) is 5. The zero-order valence-electron chi connectivity index (χ0n) is 12.1. The monoisotopic (exact) mass is 377 g/mol. The van der Waals surface area contributed by atoms with Crippen molar-refractivity contribution in [3.05, 3.63) is 58.3 Å². The summed E-state index contributed by atoms with van der Waals surface area (Å²) in [5, 5.41) is 0. The molecule has 0 bridgehead atoms. The highest BCUT2D eigenvalue weighted by Gasteiger charge is 2.30. The molecular formula is C15H16BrN5O2. The molecule has 120 valence electrons. The predicted molar refractivity (Wildman–Crippen MR) is 88.0 cm³/mol. The molecule has 3 rings (SSSR count). The summed E-state index contributed by atoms with van der Waals surface area (Å²) in [7, 11) is 0. The lowest BCUT2D eigenvalue weighted by molar-refractivity contribution is -0.123. The third kappa shape index (κ3) is 3.79. The quantitative estimate of drug-likeness (QED) is 0.518. The number of nitrogens with one attached hydrogen (secondary N) is 5. The van der Waals surface area contributed by atoms with Crippen LogP contribution in [-0.4, -0.2) is 22.8 Å². The first kappa shape index (κ1) is 15.7. The summed E-state index contributed by atoms with van der Waals surface area (Å²) in [5.74, 6) is -0.704. The molecule has 0 radical (unpaired) electrons. The molecule has 1 saturated heterocycles. The van der Waals surface area contributed by atoms with Crippen LogP contribution >= 0.6 is 15.9 Å². The molecule has 1 aliphatic heterocycles. The number of H-pyrrole nitrogens is 1. The van der Waals surface area contributed by atoms with Gasteiger partial charge in [-0.1, -0.05) is 30.3 Å². The first-order valence-corrected chi connectivity index (χ1v) is 7.93. The van der Waals surface area contributed by atoms with E-state index in [2.05, 4.69) is 42.6 Å². The Hall–Kier alpha value is -2.16. The minimum Gasteiger partial charge on any atom is -0.356 e. The van der Waals surface area contributed by atoms with Gasteiger partial charge in [-0.3, -0.25) is 20.4 Å². The molecule has 2 heterocycles. The summed E-state index contributed by atoms with van der Waals surface area (Å²) < 4.78 is 0.765. The van der Waals surface area contributed by atoms with Crippen LogP contribution in [-0.2, 0) is 4.79 Å². The van der Waals surface area contributed by atoms with Crippen LogP contribution < -0.4 is 21.7 Å². The average molecular weight is 378 g/mol. The van der Waals surface area contributed by atoms with Crippen LogP contribution in [0.15, 0.2) is 47.1 Å². The molecule has 2 aromatic rings. The van der Waals surface area contributed by atoms with Gasteiger partial charge in [0, 0.05) is 16.7 Å². The fourth-order valence-corrected chi connectivity index (χ4v) is 2.75. The van der Waals surface area contributed by atoms with Crippen LogP contribution in [0.1, 0.15) is 28.5 Å². The Labute approximate surface area is 141 Å². The van der Waals surface area contributed by atoms with Crippen LogP contribution in [0.2, 0.25) is 0 Å². The highest BCUT2D eigenvalue weighted by molar-refractivity contribution is 9.10. The van der Waals surface area contributed by atoms with Gasteiger partial charge in [0.15, 0.2) is 0 Å². The molecule has 7 nitrogen and oxygen atoms in total. The van der Waals surface area contributed by atoms with Gasteiger partial charge in [0.05, 0.1) is 0 Å². The zero-order valence-corrected chi connectivity index (χ0v) is 13.7. The van der Waals surface area contributed by atoms with Crippen LogP contribution in [0.3, 0.4) is 0 Å². The van der Waals surface area contributed by atoms with Crippen molar-refractivity contribution in [1.82, 2.24) is 26.7 Å². The Morgan fingerprint density at radius 1 is 1.13 bits per heavy atom. The van der Waals surface area contributed by atoms with E-state index in [9.17, 15) is 9.59 Å². The zero-order chi connectivity index (χ0) is 16.2. The molecule has 0 saturated carbocycles. The van der Waals surface area contributed by atoms with Gasteiger partial charge < -0.3 is 4.98 Å². The first-order chi connectivity index (χ1) is 11.1. The van der Waals surface area contributed by atoms with E-state index < -0.39 is 11.9 Å². The SMILES string of the molecule is O=C(NNC(=O)C1CC(c2ccccc2)NN1)c1cc(Br)c[nH]1. The van der Waals surface area contributed by atoms with Crippen molar-refractivity contribution in [1.29, 1.82) is 0 Å². The lowest BCUT2D eigenvalue weighted by Gasteiger charge is -2.11. The van der Waals surface area contributed by atoms with Gasteiger partial charge in [-0.25, -0.2) is 10.9 Å². The summed E-state index contributed by atoms with van der Waals surface area (Å²) in [4.78, 5) is 26.8. The number of benzene rings is 1. The molecule has 2 atom stereocenters. The number of amides is 2. The van der Waals surface area contributed by atoms with E-state index in [1.165, 1.54) is 0 Å². The lowest BCUT2D eigenvalue weighted by atomic mass is 10.0. The third-order valence-electron chi connectivity index (χ3n) is 3.61. The molecule has 5 N–H and O–H groups in total. The van der Waals surface area contributed by atoms with E-state index in [1.54, 1.807) is 12.3 Å². The van der Waals surface area contributed by atoms with Gasteiger partial charge in [0.25, 0.3) is 11.8 Å². The smallest absolute Gasteiger partial charge is 0.286 e. The lowest BCUT2D eigenvalue weighted by Crippen LogP contribution is -2.50. The van der Waals surface area contributed by atoms with Crippen molar-refractivity contribution in [2.24, 2.45) is 0 Å². The van der Waals surface area contributed by atoms with Crippen molar-refractivity contribution in [2.45, 2.75) is 18.5 Å². The molecule has 8 heteroatoms. The van der Waals surface area contributed by atoms with E-state index >= 15 is 0 Å². The number of aromatic amines is 1. The average Bonchev–Trinajstić information content (AvgIpc) is 3.22. The second-order valence-corrected chi connectivity index (χ2v) is 6.13. The van der Waals surface area contributed by atoms with Gasteiger partial charge in [-0.15, -0.1) is 0 Å². The van der Waals surface area contributed by atoms with Crippen molar-refractivity contribution in [3.8, 4) is 0 Å². The summed E-state index contributed by atoms with van der Waals surface area (Å²) in [6.45, 7) is 0. The van der Waals surface area contributed by atoms with Crippen molar-refractivity contribution < 1.29 is 9.59 Å². The number of carbonyl (C=O) groups excluding carboxylic acids is 2.